The van der Waals surface area contributed by atoms with Crippen LogP contribution in [0.4, 0.5) is 5.69 Å². The molecule has 0 aliphatic carbocycles. The topological polar surface area (TPSA) is 24.9 Å². The Bertz CT molecular complexity index is 930. The number of anilines is 1. The van der Waals surface area contributed by atoms with Crippen molar-refractivity contribution in [3.8, 4) is 5.75 Å². The molecule has 3 aromatic carbocycles. The lowest BCUT2D eigenvalue weighted by Crippen LogP contribution is -2.37. The number of rotatable bonds is 4. The van der Waals surface area contributed by atoms with Crippen LogP contribution in [0.25, 0.3) is 0 Å². The number of benzene rings is 3. The molecular formula is C24H24N2O2. The molecule has 2 aliphatic rings. The summed E-state index contributed by atoms with van der Waals surface area (Å²) in [6.07, 6.45) is 1.02. The Morgan fingerprint density at radius 2 is 1.57 bits per heavy atom. The summed E-state index contributed by atoms with van der Waals surface area (Å²) >= 11 is 0. The van der Waals surface area contributed by atoms with Gasteiger partial charge >= 0.3 is 0 Å². The lowest BCUT2D eigenvalue weighted by molar-refractivity contribution is -0.172. The highest BCUT2D eigenvalue weighted by molar-refractivity contribution is 5.51. The monoisotopic (exact) mass is 372 g/mol. The van der Waals surface area contributed by atoms with E-state index in [9.17, 15) is 0 Å². The van der Waals surface area contributed by atoms with Crippen LogP contribution in [-0.4, -0.2) is 25.4 Å². The average Bonchev–Trinajstić information content (AvgIpc) is 3.31. The Kier molecular flexibility index (Phi) is 4.30. The molecule has 3 aromatic rings. The first-order valence-electron chi connectivity index (χ1n) is 9.72. The summed E-state index contributed by atoms with van der Waals surface area (Å²) in [6.45, 7) is 1.64. The number of methoxy groups -OCH3 is 1. The zero-order valence-electron chi connectivity index (χ0n) is 16.0. The van der Waals surface area contributed by atoms with Gasteiger partial charge in [-0.25, -0.2) is 0 Å². The van der Waals surface area contributed by atoms with E-state index >= 15 is 0 Å². The molecule has 4 nitrogen and oxygen atoms in total. The van der Waals surface area contributed by atoms with E-state index in [1.165, 1.54) is 16.8 Å². The second-order valence-electron chi connectivity index (χ2n) is 7.52. The summed E-state index contributed by atoms with van der Waals surface area (Å²) in [7, 11) is 1.70. The molecule has 4 heteroatoms. The third-order valence-electron chi connectivity index (χ3n) is 5.93. The largest absolute Gasteiger partial charge is 0.497 e. The first kappa shape index (κ1) is 17.3. The van der Waals surface area contributed by atoms with Crippen molar-refractivity contribution in [3.05, 3.63) is 96.1 Å². The van der Waals surface area contributed by atoms with E-state index in [1.807, 2.05) is 12.1 Å². The fourth-order valence-electron chi connectivity index (χ4n) is 4.45. The van der Waals surface area contributed by atoms with Crippen molar-refractivity contribution in [1.82, 2.24) is 5.06 Å². The molecule has 0 saturated carbocycles. The predicted octanol–water partition coefficient (Wildman–Crippen LogP) is 4.75. The second kappa shape index (κ2) is 6.97. The SMILES string of the molecule is COc1ccc(N2CN3O[C@@H](c4ccccc4)C[C@]3(c3ccccc3)C2)cc1. The van der Waals surface area contributed by atoms with Crippen LogP contribution >= 0.6 is 0 Å². The van der Waals surface area contributed by atoms with E-state index in [4.69, 9.17) is 9.57 Å². The van der Waals surface area contributed by atoms with Crippen LogP contribution in [0.15, 0.2) is 84.9 Å². The normalized spacial score (nSPS) is 24.3. The molecule has 2 saturated heterocycles. The summed E-state index contributed by atoms with van der Waals surface area (Å²) in [6, 6.07) is 29.6. The van der Waals surface area contributed by atoms with E-state index < -0.39 is 0 Å². The molecule has 2 heterocycles. The number of nitrogens with zero attached hydrogens (tertiary/aromatic N) is 2. The third-order valence-corrected chi connectivity index (χ3v) is 5.93. The van der Waals surface area contributed by atoms with E-state index in [1.54, 1.807) is 7.11 Å². The van der Waals surface area contributed by atoms with Crippen LogP contribution in [0.1, 0.15) is 23.7 Å². The van der Waals surface area contributed by atoms with Crippen molar-refractivity contribution in [2.75, 3.05) is 25.2 Å². The Morgan fingerprint density at radius 3 is 2.25 bits per heavy atom. The average molecular weight is 372 g/mol. The number of hydrogen-bond donors (Lipinski definition) is 0. The van der Waals surface area contributed by atoms with Crippen molar-refractivity contribution >= 4 is 5.69 Å². The van der Waals surface area contributed by atoms with Gasteiger partial charge in [0.15, 0.2) is 0 Å². The zero-order valence-corrected chi connectivity index (χ0v) is 16.0. The van der Waals surface area contributed by atoms with Gasteiger partial charge in [-0.1, -0.05) is 60.7 Å². The van der Waals surface area contributed by atoms with E-state index in [2.05, 4.69) is 82.8 Å². The molecule has 2 fully saturated rings. The van der Waals surface area contributed by atoms with Gasteiger partial charge in [-0.2, -0.15) is 5.06 Å². The predicted molar refractivity (Wildman–Crippen MR) is 110 cm³/mol. The Balaban J connectivity index is 1.48. The highest BCUT2D eigenvalue weighted by Crippen LogP contribution is 2.50. The Labute approximate surface area is 165 Å². The molecule has 0 N–H and O–H groups in total. The quantitative estimate of drug-likeness (QED) is 0.660. The van der Waals surface area contributed by atoms with Crippen LogP contribution in [0.5, 0.6) is 5.75 Å². The lowest BCUT2D eigenvalue weighted by Gasteiger charge is -2.28. The minimum absolute atomic E-state index is 0.0828. The fourth-order valence-corrected chi connectivity index (χ4v) is 4.45. The van der Waals surface area contributed by atoms with E-state index in [0.717, 1.165) is 25.4 Å². The summed E-state index contributed by atoms with van der Waals surface area (Å²) in [4.78, 5) is 8.88. The van der Waals surface area contributed by atoms with E-state index in [-0.39, 0.29) is 11.6 Å². The van der Waals surface area contributed by atoms with Gasteiger partial charge in [0.1, 0.15) is 11.9 Å². The van der Waals surface area contributed by atoms with Gasteiger partial charge in [0.25, 0.3) is 0 Å². The zero-order chi connectivity index (χ0) is 19.0. The third kappa shape index (κ3) is 2.86. The molecule has 0 bridgehead atoms. The summed E-state index contributed by atoms with van der Waals surface area (Å²) in [5.74, 6) is 0.876. The van der Waals surface area contributed by atoms with Gasteiger partial charge < -0.3 is 9.64 Å². The highest BCUT2D eigenvalue weighted by Gasteiger charge is 2.54. The highest BCUT2D eigenvalue weighted by atomic mass is 16.7. The summed E-state index contributed by atoms with van der Waals surface area (Å²) in [5, 5.41) is 2.18. The molecular weight excluding hydrogens is 348 g/mol. The smallest absolute Gasteiger partial charge is 0.119 e. The van der Waals surface area contributed by atoms with Gasteiger partial charge in [0, 0.05) is 18.7 Å². The first-order valence-corrected chi connectivity index (χ1v) is 9.72. The molecule has 0 radical (unpaired) electrons. The van der Waals surface area contributed by atoms with Crippen molar-refractivity contribution in [2.24, 2.45) is 0 Å². The summed E-state index contributed by atoms with van der Waals surface area (Å²) in [5.41, 5.74) is 3.58. The van der Waals surface area contributed by atoms with Crippen LogP contribution in [0.3, 0.4) is 0 Å². The molecule has 0 spiro atoms. The van der Waals surface area contributed by atoms with Gasteiger partial charge in [-0.05, 0) is 35.4 Å². The minimum atomic E-state index is -0.151. The molecule has 5 rings (SSSR count). The molecule has 142 valence electrons. The molecule has 28 heavy (non-hydrogen) atoms. The van der Waals surface area contributed by atoms with Gasteiger partial charge in [0.2, 0.25) is 0 Å². The van der Waals surface area contributed by atoms with Crippen LogP contribution in [0, 0.1) is 0 Å². The maximum atomic E-state index is 6.49. The molecule has 0 unspecified atom stereocenters. The van der Waals surface area contributed by atoms with Crippen LogP contribution in [0.2, 0.25) is 0 Å². The number of ether oxygens (including phenoxy) is 1. The van der Waals surface area contributed by atoms with Crippen molar-refractivity contribution < 1.29 is 9.57 Å². The molecule has 2 aliphatic heterocycles. The number of hydroxylamine groups is 2. The Hall–Kier alpha value is -2.82. The summed E-state index contributed by atoms with van der Waals surface area (Å²) < 4.78 is 5.30. The molecule has 0 aromatic heterocycles. The van der Waals surface area contributed by atoms with Crippen LogP contribution < -0.4 is 9.64 Å². The maximum Gasteiger partial charge on any atom is 0.119 e. The number of fused-ring (bicyclic) bond motifs is 1. The van der Waals surface area contributed by atoms with Gasteiger partial charge in [-0.15, -0.1) is 0 Å². The first-order chi connectivity index (χ1) is 13.8. The van der Waals surface area contributed by atoms with Crippen molar-refractivity contribution in [3.63, 3.8) is 0 Å². The standard InChI is InChI=1S/C24H24N2O2/c1-27-22-14-12-21(13-15-22)25-17-24(20-10-6-3-7-11-20)16-23(28-26(24)18-25)19-8-4-2-5-9-19/h2-15,23H,16-18H2,1H3/t23-,24-/m1/s1. The maximum absolute atomic E-state index is 6.49. The second-order valence-corrected chi connectivity index (χ2v) is 7.52. The van der Waals surface area contributed by atoms with Crippen molar-refractivity contribution in [2.45, 2.75) is 18.1 Å². The lowest BCUT2D eigenvalue weighted by atomic mass is 9.84. The number of hydrogen-bond acceptors (Lipinski definition) is 4. The minimum Gasteiger partial charge on any atom is -0.497 e. The van der Waals surface area contributed by atoms with Gasteiger partial charge in [-0.3, -0.25) is 4.84 Å². The van der Waals surface area contributed by atoms with Crippen LogP contribution in [-0.2, 0) is 10.4 Å². The molecule has 0 amide bonds. The fraction of sp³-hybridized carbons (Fsp3) is 0.250. The Morgan fingerprint density at radius 1 is 0.893 bits per heavy atom. The van der Waals surface area contributed by atoms with Crippen molar-refractivity contribution in [1.29, 1.82) is 0 Å². The van der Waals surface area contributed by atoms with E-state index in [0.29, 0.717) is 0 Å². The molecule has 2 atom stereocenters. The van der Waals surface area contributed by atoms with Gasteiger partial charge in [0.05, 0.1) is 19.3 Å².